The lowest BCUT2D eigenvalue weighted by molar-refractivity contribution is 0.102. The Labute approximate surface area is 219 Å². The third kappa shape index (κ3) is 6.25. The molecule has 2 N–H and O–H groups in total. The van der Waals surface area contributed by atoms with Gasteiger partial charge in [0.2, 0.25) is 0 Å². The predicted molar refractivity (Wildman–Crippen MR) is 145 cm³/mol. The van der Waals surface area contributed by atoms with Gasteiger partial charge in [-0.05, 0) is 104 Å². The normalized spacial score (nSPS) is 20.0. The molecule has 3 aromatic rings. The van der Waals surface area contributed by atoms with Gasteiger partial charge in [-0.1, -0.05) is 24.6 Å². The Bertz CT molecular complexity index is 1150. The standard InChI is InChI=1S/C31H37FN2O3/c32-25-6-8-27(9-7-25)34-17-14-24-22-28(36)10-13-30(24)31(34)21-23-4-11-29(12-5-23)37-20-18-33-16-2-1-3-26(33)15-19-35/h4-13,22,26,31,35-36H,1-3,14-21H2. The zero-order chi connectivity index (χ0) is 25.6. The fourth-order valence-electron chi connectivity index (χ4n) is 5.92. The molecular formula is C31H37FN2O3. The fraction of sp³-hybridized carbons (Fsp3) is 0.419. The highest BCUT2D eigenvalue weighted by Gasteiger charge is 2.28. The highest BCUT2D eigenvalue weighted by molar-refractivity contribution is 5.53. The predicted octanol–water partition coefficient (Wildman–Crippen LogP) is 5.49. The lowest BCUT2D eigenvalue weighted by Gasteiger charge is -2.39. The van der Waals surface area contributed by atoms with E-state index in [2.05, 4.69) is 21.9 Å². The van der Waals surface area contributed by atoms with E-state index in [-0.39, 0.29) is 18.5 Å². The van der Waals surface area contributed by atoms with Gasteiger partial charge in [0.15, 0.2) is 0 Å². The number of phenols is 1. The van der Waals surface area contributed by atoms with Gasteiger partial charge >= 0.3 is 0 Å². The van der Waals surface area contributed by atoms with Gasteiger partial charge in [-0.2, -0.15) is 0 Å². The third-order valence-corrected chi connectivity index (χ3v) is 7.85. The van der Waals surface area contributed by atoms with E-state index in [0.29, 0.717) is 18.4 Å². The molecule has 6 heteroatoms. The summed E-state index contributed by atoms with van der Waals surface area (Å²) in [6, 6.07) is 21.3. The molecule has 1 fully saturated rings. The quantitative estimate of drug-likeness (QED) is 0.403. The fourth-order valence-corrected chi connectivity index (χ4v) is 5.92. The topological polar surface area (TPSA) is 56.2 Å². The molecule has 2 unspecified atom stereocenters. The molecule has 2 heterocycles. The number of aliphatic hydroxyl groups is 1. The minimum absolute atomic E-state index is 0.0872. The van der Waals surface area contributed by atoms with E-state index in [1.807, 2.05) is 36.4 Å². The summed E-state index contributed by atoms with van der Waals surface area (Å²) in [5, 5.41) is 19.4. The van der Waals surface area contributed by atoms with E-state index in [1.165, 1.54) is 41.7 Å². The Morgan fingerprint density at radius 2 is 1.76 bits per heavy atom. The number of ether oxygens (including phenoxy) is 1. The maximum atomic E-state index is 13.6. The van der Waals surface area contributed by atoms with Crippen LogP contribution in [-0.2, 0) is 12.8 Å². The summed E-state index contributed by atoms with van der Waals surface area (Å²) in [6.45, 7) is 3.65. The maximum Gasteiger partial charge on any atom is 0.123 e. The second-order valence-corrected chi connectivity index (χ2v) is 10.2. The number of halogens is 1. The Balaban J connectivity index is 1.26. The molecule has 2 atom stereocenters. The van der Waals surface area contributed by atoms with Crippen LogP contribution in [0.3, 0.4) is 0 Å². The molecule has 0 amide bonds. The Kier molecular flexibility index (Phi) is 8.27. The lowest BCUT2D eigenvalue weighted by atomic mass is 9.88. The molecule has 0 radical (unpaired) electrons. The largest absolute Gasteiger partial charge is 0.508 e. The number of anilines is 1. The number of rotatable bonds is 9. The van der Waals surface area contributed by atoms with Crippen molar-refractivity contribution >= 4 is 5.69 Å². The summed E-state index contributed by atoms with van der Waals surface area (Å²) < 4.78 is 19.7. The Morgan fingerprint density at radius 3 is 2.54 bits per heavy atom. The zero-order valence-corrected chi connectivity index (χ0v) is 21.4. The van der Waals surface area contributed by atoms with Crippen molar-refractivity contribution in [2.75, 3.05) is 37.7 Å². The number of likely N-dealkylation sites (tertiary alicyclic amines) is 1. The van der Waals surface area contributed by atoms with Crippen molar-refractivity contribution in [3.63, 3.8) is 0 Å². The smallest absolute Gasteiger partial charge is 0.123 e. The summed E-state index contributed by atoms with van der Waals surface area (Å²) >= 11 is 0. The summed E-state index contributed by atoms with van der Waals surface area (Å²) in [5.74, 6) is 0.924. The van der Waals surface area contributed by atoms with Crippen molar-refractivity contribution in [3.05, 3.63) is 89.2 Å². The molecule has 5 rings (SSSR count). The number of benzene rings is 3. The van der Waals surface area contributed by atoms with Crippen LogP contribution >= 0.6 is 0 Å². The first-order chi connectivity index (χ1) is 18.1. The molecule has 2 aliphatic rings. The molecule has 3 aromatic carbocycles. The first-order valence-electron chi connectivity index (χ1n) is 13.5. The van der Waals surface area contributed by atoms with Crippen LogP contribution in [0.5, 0.6) is 11.5 Å². The van der Waals surface area contributed by atoms with Crippen molar-refractivity contribution < 1.29 is 19.3 Å². The number of aromatic hydroxyl groups is 1. The highest BCUT2D eigenvalue weighted by atomic mass is 19.1. The minimum atomic E-state index is -0.234. The van der Waals surface area contributed by atoms with E-state index in [1.54, 1.807) is 6.07 Å². The molecule has 0 bridgehead atoms. The second-order valence-electron chi connectivity index (χ2n) is 10.2. The first-order valence-corrected chi connectivity index (χ1v) is 13.5. The third-order valence-electron chi connectivity index (χ3n) is 7.85. The van der Waals surface area contributed by atoms with Gasteiger partial charge in [0, 0.05) is 31.4 Å². The van der Waals surface area contributed by atoms with Crippen molar-refractivity contribution in [1.29, 1.82) is 0 Å². The van der Waals surface area contributed by atoms with Gasteiger partial charge in [-0.15, -0.1) is 0 Å². The van der Waals surface area contributed by atoms with Gasteiger partial charge in [0.05, 0.1) is 6.04 Å². The number of piperidine rings is 1. The number of aliphatic hydroxyl groups excluding tert-OH is 1. The van der Waals surface area contributed by atoms with Gasteiger partial charge in [-0.25, -0.2) is 4.39 Å². The number of nitrogens with zero attached hydrogens (tertiary/aromatic N) is 2. The van der Waals surface area contributed by atoms with Gasteiger partial charge in [-0.3, -0.25) is 4.90 Å². The molecule has 1 saturated heterocycles. The SMILES string of the molecule is OCCC1CCCCN1CCOc1ccc(CC2c3ccc(O)cc3CCN2c2ccc(F)cc2)cc1. The van der Waals surface area contributed by atoms with Crippen LogP contribution in [0.25, 0.3) is 0 Å². The van der Waals surface area contributed by atoms with Crippen LogP contribution in [0.15, 0.2) is 66.7 Å². The van der Waals surface area contributed by atoms with Crippen LogP contribution in [-0.4, -0.2) is 54.0 Å². The van der Waals surface area contributed by atoms with Crippen LogP contribution in [0, 0.1) is 5.82 Å². The first kappa shape index (κ1) is 25.6. The van der Waals surface area contributed by atoms with E-state index < -0.39 is 0 Å². The molecule has 5 nitrogen and oxygen atoms in total. The van der Waals surface area contributed by atoms with E-state index in [4.69, 9.17) is 4.74 Å². The molecule has 2 aliphatic heterocycles. The number of fused-ring (bicyclic) bond motifs is 1. The van der Waals surface area contributed by atoms with Crippen LogP contribution in [0.2, 0.25) is 0 Å². The van der Waals surface area contributed by atoms with Crippen molar-refractivity contribution in [2.45, 2.75) is 50.6 Å². The number of hydrogen-bond acceptors (Lipinski definition) is 5. The number of phenolic OH excluding ortho intramolecular Hbond substituents is 1. The zero-order valence-electron chi connectivity index (χ0n) is 21.4. The molecule has 196 valence electrons. The second kappa shape index (κ2) is 12.0. The molecule has 0 saturated carbocycles. The maximum absolute atomic E-state index is 13.6. The van der Waals surface area contributed by atoms with Gasteiger partial charge in [0.1, 0.15) is 23.9 Å². The summed E-state index contributed by atoms with van der Waals surface area (Å²) in [4.78, 5) is 4.79. The monoisotopic (exact) mass is 504 g/mol. The summed E-state index contributed by atoms with van der Waals surface area (Å²) in [7, 11) is 0. The van der Waals surface area contributed by atoms with Crippen molar-refractivity contribution in [3.8, 4) is 11.5 Å². The highest BCUT2D eigenvalue weighted by Crippen LogP contribution is 2.37. The molecular weight excluding hydrogens is 467 g/mol. The Hall–Kier alpha value is -3.09. The van der Waals surface area contributed by atoms with E-state index >= 15 is 0 Å². The molecule has 0 spiro atoms. The van der Waals surface area contributed by atoms with Crippen molar-refractivity contribution in [2.24, 2.45) is 0 Å². The average molecular weight is 505 g/mol. The van der Waals surface area contributed by atoms with E-state index in [0.717, 1.165) is 56.8 Å². The van der Waals surface area contributed by atoms with Gasteiger partial charge < -0.3 is 19.8 Å². The Morgan fingerprint density at radius 1 is 0.946 bits per heavy atom. The summed E-state index contributed by atoms with van der Waals surface area (Å²) in [5.41, 5.74) is 4.57. The van der Waals surface area contributed by atoms with Crippen LogP contribution in [0.1, 0.15) is 48.4 Å². The van der Waals surface area contributed by atoms with Gasteiger partial charge in [0.25, 0.3) is 0 Å². The van der Waals surface area contributed by atoms with E-state index in [9.17, 15) is 14.6 Å². The molecule has 0 aliphatic carbocycles. The molecule has 37 heavy (non-hydrogen) atoms. The lowest BCUT2D eigenvalue weighted by Crippen LogP contribution is -2.42. The van der Waals surface area contributed by atoms with Crippen molar-refractivity contribution in [1.82, 2.24) is 4.90 Å². The molecule has 0 aromatic heterocycles. The summed E-state index contributed by atoms with van der Waals surface area (Å²) in [6.07, 6.45) is 6.10. The average Bonchev–Trinajstić information content (AvgIpc) is 2.91. The number of hydrogen-bond donors (Lipinski definition) is 2. The minimum Gasteiger partial charge on any atom is -0.508 e. The van der Waals surface area contributed by atoms with Crippen LogP contribution < -0.4 is 9.64 Å². The van der Waals surface area contributed by atoms with Crippen LogP contribution in [0.4, 0.5) is 10.1 Å².